The third-order valence-electron chi connectivity index (χ3n) is 3.23. The van der Waals surface area contributed by atoms with Gasteiger partial charge in [-0.2, -0.15) is 4.37 Å². The van der Waals surface area contributed by atoms with Crippen LogP contribution in [0.2, 0.25) is 0 Å². The number of H-pyrrole nitrogens is 1. The molecule has 2 N–H and O–H groups in total. The third kappa shape index (κ3) is 3.24. The lowest BCUT2D eigenvalue weighted by Gasteiger charge is -2.12. The molecule has 0 unspecified atom stereocenters. The van der Waals surface area contributed by atoms with E-state index in [1.807, 2.05) is 0 Å². The Bertz CT molecular complexity index is 787. The number of aromatic nitrogens is 4. The van der Waals surface area contributed by atoms with Gasteiger partial charge in [-0.05, 0) is 18.2 Å². The lowest BCUT2D eigenvalue weighted by atomic mass is 9.96. The minimum atomic E-state index is -0.260. The molecule has 0 aliphatic heterocycles. The van der Waals surface area contributed by atoms with Crippen LogP contribution in [0.1, 0.15) is 32.4 Å². The molecule has 2 heterocycles. The van der Waals surface area contributed by atoms with Crippen molar-refractivity contribution in [3.05, 3.63) is 35.7 Å². The summed E-state index contributed by atoms with van der Waals surface area (Å²) < 4.78 is 17.5. The van der Waals surface area contributed by atoms with E-state index in [-0.39, 0.29) is 11.2 Å². The van der Waals surface area contributed by atoms with Gasteiger partial charge in [0, 0.05) is 29.9 Å². The van der Waals surface area contributed by atoms with Crippen LogP contribution in [0.4, 0.5) is 9.52 Å². The van der Waals surface area contributed by atoms with Crippen molar-refractivity contribution in [2.75, 3.05) is 11.9 Å². The molecule has 116 valence electrons. The van der Waals surface area contributed by atoms with Crippen molar-refractivity contribution < 1.29 is 4.39 Å². The SMILES string of the molecule is CC(C)(C)c1nsc(NCCc2nc3ccc(F)cc3[nH]2)n1. The zero-order valence-corrected chi connectivity index (χ0v) is 13.6. The fourth-order valence-electron chi connectivity index (χ4n) is 2.04. The lowest BCUT2D eigenvalue weighted by Crippen LogP contribution is -2.13. The molecular formula is C15H18FN5S. The van der Waals surface area contributed by atoms with Crippen molar-refractivity contribution in [2.45, 2.75) is 32.6 Å². The first-order chi connectivity index (χ1) is 10.4. The van der Waals surface area contributed by atoms with E-state index in [1.165, 1.54) is 23.7 Å². The van der Waals surface area contributed by atoms with Crippen molar-refractivity contribution in [3.8, 4) is 0 Å². The topological polar surface area (TPSA) is 66.5 Å². The number of nitrogens with zero attached hydrogens (tertiary/aromatic N) is 3. The number of anilines is 1. The monoisotopic (exact) mass is 319 g/mol. The van der Waals surface area contributed by atoms with E-state index in [0.29, 0.717) is 13.0 Å². The van der Waals surface area contributed by atoms with E-state index in [0.717, 1.165) is 27.8 Å². The molecular weight excluding hydrogens is 301 g/mol. The van der Waals surface area contributed by atoms with Gasteiger partial charge in [0.15, 0.2) is 0 Å². The number of hydrogen-bond donors (Lipinski definition) is 2. The number of hydrogen-bond acceptors (Lipinski definition) is 5. The molecule has 0 fully saturated rings. The summed E-state index contributed by atoms with van der Waals surface area (Å²) in [6, 6.07) is 4.55. The van der Waals surface area contributed by atoms with Gasteiger partial charge in [0.1, 0.15) is 17.5 Å². The predicted octanol–water partition coefficient (Wildman–Crippen LogP) is 3.51. The number of nitrogens with one attached hydrogen (secondary N) is 2. The van der Waals surface area contributed by atoms with Gasteiger partial charge in [-0.25, -0.2) is 14.4 Å². The zero-order valence-electron chi connectivity index (χ0n) is 12.8. The van der Waals surface area contributed by atoms with Crippen molar-refractivity contribution in [1.29, 1.82) is 0 Å². The minimum Gasteiger partial charge on any atom is -0.360 e. The average molecular weight is 319 g/mol. The Hall–Kier alpha value is -2.02. The van der Waals surface area contributed by atoms with Crippen LogP contribution in [-0.4, -0.2) is 25.9 Å². The highest BCUT2D eigenvalue weighted by atomic mass is 32.1. The number of halogens is 1. The van der Waals surface area contributed by atoms with E-state index in [4.69, 9.17) is 0 Å². The van der Waals surface area contributed by atoms with Crippen LogP contribution in [0.5, 0.6) is 0 Å². The first-order valence-electron chi connectivity index (χ1n) is 7.14. The summed E-state index contributed by atoms with van der Waals surface area (Å²) in [7, 11) is 0. The Morgan fingerprint density at radius 3 is 2.82 bits per heavy atom. The first kappa shape index (κ1) is 14.9. The van der Waals surface area contributed by atoms with Gasteiger partial charge >= 0.3 is 0 Å². The van der Waals surface area contributed by atoms with Crippen LogP contribution in [0.3, 0.4) is 0 Å². The molecule has 3 rings (SSSR count). The molecule has 0 aliphatic rings. The second-order valence-electron chi connectivity index (χ2n) is 6.19. The van der Waals surface area contributed by atoms with E-state index in [9.17, 15) is 4.39 Å². The fraction of sp³-hybridized carbons (Fsp3) is 0.400. The molecule has 1 aromatic carbocycles. The normalized spacial score (nSPS) is 12.0. The molecule has 0 amide bonds. The summed E-state index contributed by atoms with van der Waals surface area (Å²) in [5, 5.41) is 4.06. The van der Waals surface area contributed by atoms with Gasteiger partial charge in [0.25, 0.3) is 0 Å². The standard InChI is InChI=1S/C15H18FN5S/c1-15(2,3)13-20-14(22-21-13)17-7-6-12-18-10-5-4-9(16)8-11(10)19-12/h4-5,8H,6-7H2,1-3H3,(H,18,19)(H,17,20,21). The van der Waals surface area contributed by atoms with Crippen LogP contribution in [0.25, 0.3) is 11.0 Å². The molecule has 22 heavy (non-hydrogen) atoms. The summed E-state index contributed by atoms with van der Waals surface area (Å²) >= 11 is 1.37. The molecule has 0 aliphatic carbocycles. The molecule has 2 aromatic heterocycles. The summed E-state index contributed by atoms with van der Waals surface area (Å²) in [6.07, 6.45) is 0.709. The highest BCUT2D eigenvalue weighted by Crippen LogP contribution is 2.22. The Labute approximate surface area is 132 Å². The molecule has 0 atom stereocenters. The van der Waals surface area contributed by atoms with Crippen LogP contribution in [0.15, 0.2) is 18.2 Å². The molecule has 0 saturated carbocycles. The Balaban J connectivity index is 1.61. The quantitative estimate of drug-likeness (QED) is 0.772. The lowest BCUT2D eigenvalue weighted by molar-refractivity contribution is 0.555. The fourth-order valence-corrected chi connectivity index (χ4v) is 2.82. The molecule has 5 nitrogen and oxygen atoms in total. The van der Waals surface area contributed by atoms with Gasteiger partial charge in [-0.15, -0.1) is 0 Å². The van der Waals surface area contributed by atoms with Crippen LogP contribution in [0, 0.1) is 5.82 Å². The number of fused-ring (bicyclic) bond motifs is 1. The Morgan fingerprint density at radius 1 is 1.27 bits per heavy atom. The van der Waals surface area contributed by atoms with E-state index in [2.05, 4.69) is 45.4 Å². The third-order valence-corrected chi connectivity index (χ3v) is 3.90. The highest BCUT2D eigenvalue weighted by Gasteiger charge is 2.19. The number of rotatable bonds is 4. The first-order valence-corrected chi connectivity index (χ1v) is 7.91. The summed E-state index contributed by atoms with van der Waals surface area (Å²) in [5.41, 5.74) is 1.46. The van der Waals surface area contributed by atoms with Crippen molar-refractivity contribution in [3.63, 3.8) is 0 Å². The maximum Gasteiger partial charge on any atom is 0.202 e. The molecule has 0 radical (unpaired) electrons. The minimum absolute atomic E-state index is 0.0424. The van der Waals surface area contributed by atoms with E-state index < -0.39 is 0 Å². The van der Waals surface area contributed by atoms with Crippen LogP contribution < -0.4 is 5.32 Å². The molecule has 0 saturated heterocycles. The zero-order chi connectivity index (χ0) is 15.7. The summed E-state index contributed by atoms with van der Waals surface area (Å²) in [6.45, 7) is 6.96. The van der Waals surface area contributed by atoms with E-state index in [1.54, 1.807) is 6.07 Å². The van der Waals surface area contributed by atoms with Gasteiger partial charge in [-0.1, -0.05) is 20.8 Å². The largest absolute Gasteiger partial charge is 0.360 e. The molecule has 3 aromatic rings. The number of imidazole rings is 1. The second kappa shape index (κ2) is 5.64. The molecule has 0 spiro atoms. The summed E-state index contributed by atoms with van der Waals surface area (Å²) in [5.74, 6) is 1.41. The molecule has 0 bridgehead atoms. The van der Waals surface area contributed by atoms with Crippen molar-refractivity contribution in [1.82, 2.24) is 19.3 Å². The van der Waals surface area contributed by atoms with Crippen molar-refractivity contribution >= 4 is 27.7 Å². The van der Waals surface area contributed by atoms with Gasteiger partial charge in [0.05, 0.1) is 11.0 Å². The van der Waals surface area contributed by atoms with Gasteiger partial charge < -0.3 is 10.3 Å². The Kier molecular flexibility index (Phi) is 3.82. The number of aromatic amines is 1. The van der Waals surface area contributed by atoms with Gasteiger partial charge in [-0.3, -0.25) is 0 Å². The van der Waals surface area contributed by atoms with Crippen LogP contribution >= 0.6 is 11.5 Å². The molecule has 7 heteroatoms. The summed E-state index contributed by atoms with van der Waals surface area (Å²) in [4.78, 5) is 12.0. The highest BCUT2D eigenvalue weighted by molar-refractivity contribution is 7.09. The van der Waals surface area contributed by atoms with Gasteiger partial charge in [0.2, 0.25) is 5.13 Å². The Morgan fingerprint density at radius 2 is 2.09 bits per heavy atom. The predicted molar refractivity (Wildman–Crippen MR) is 86.9 cm³/mol. The second-order valence-corrected chi connectivity index (χ2v) is 6.95. The number of benzene rings is 1. The average Bonchev–Trinajstić information content (AvgIpc) is 3.04. The maximum absolute atomic E-state index is 13.1. The van der Waals surface area contributed by atoms with E-state index >= 15 is 0 Å². The smallest absolute Gasteiger partial charge is 0.202 e. The van der Waals surface area contributed by atoms with Crippen LogP contribution in [-0.2, 0) is 11.8 Å². The maximum atomic E-state index is 13.1. The van der Waals surface area contributed by atoms with Crippen molar-refractivity contribution in [2.24, 2.45) is 0 Å².